The quantitative estimate of drug-likeness (QED) is 0.569. The van der Waals surface area contributed by atoms with E-state index in [-0.39, 0.29) is 18.4 Å². The Balaban J connectivity index is 1.47. The molecule has 1 heterocycles. The molecule has 31 heavy (non-hydrogen) atoms. The van der Waals surface area contributed by atoms with E-state index < -0.39 is 12.3 Å². The first-order valence-electron chi connectivity index (χ1n) is 11.0. The van der Waals surface area contributed by atoms with Gasteiger partial charge in [-0.1, -0.05) is 67.9 Å². The number of ether oxygens (including phenoxy) is 1. The average molecular weight is 445 g/mol. The molecule has 1 unspecified atom stereocenters. The lowest BCUT2D eigenvalue weighted by Crippen LogP contribution is -2.54. The Kier molecular flexibility index (Phi) is 8.90. The number of carbonyl (C=O) groups excluding carboxylic acids is 1. The van der Waals surface area contributed by atoms with Crippen LogP contribution in [0.3, 0.4) is 0 Å². The van der Waals surface area contributed by atoms with Crippen molar-refractivity contribution in [1.29, 1.82) is 0 Å². The molecule has 6 heteroatoms. The van der Waals surface area contributed by atoms with Crippen LogP contribution in [-0.2, 0) is 16.1 Å². The smallest absolute Gasteiger partial charge is 0.240 e. The van der Waals surface area contributed by atoms with E-state index >= 15 is 0 Å². The van der Waals surface area contributed by atoms with Crippen molar-refractivity contribution in [3.05, 3.63) is 70.7 Å². The van der Waals surface area contributed by atoms with Gasteiger partial charge in [-0.2, -0.15) is 0 Å². The van der Waals surface area contributed by atoms with Gasteiger partial charge in [-0.15, -0.1) is 0 Å². The van der Waals surface area contributed by atoms with Gasteiger partial charge in [-0.05, 0) is 47.9 Å². The summed E-state index contributed by atoms with van der Waals surface area (Å²) in [5.74, 6) is 0.556. The molecular formula is C25H33ClN2O3. The molecule has 1 aliphatic rings. The summed E-state index contributed by atoms with van der Waals surface area (Å²) in [7, 11) is 0. The molecule has 5 nitrogen and oxygen atoms in total. The third-order valence-corrected chi connectivity index (χ3v) is 6.09. The first-order chi connectivity index (χ1) is 14.9. The van der Waals surface area contributed by atoms with E-state index in [1.807, 2.05) is 61.2 Å². The van der Waals surface area contributed by atoms with Crippen LogP contribution in [0.5, 0.6) is 0 Å². The van der Waals surface area contributed by atoms with Gasteiger partial charge in [0.15, 0.2) is 0 Å². The standard InChI is InChI=1S/C25H33ClN2O3/c1-18(2)24(27-23(29)17-31-16-19-6-4-3-5-7-19)25(30)28-14-12-21(13-15-28)20-8-10-22(26)11-9-20/h3-11,18,21,23-24,27,29H,12-17H2,1-2H3/t23-,24?/m1/s1. The molecule has 2 N–H and O–H groups in total. The molecule has 1 aliphatic heterocycles. The fourth-order valence-corrected chi connectivity index (χ4v) is 4.16. The lowest BCUT2D eigenvalue weighted by atomic mass is 9.89. The highest BCUT2D eigenvalue weighted by molar-refractivity contribution is 6.30. The zero-order valence-corrected chi connectivity index (χ0v) is 19.1. The van der Waals surface area contributed by atoms with E-state index in [9.17, 15) is 9.90 Å². The number of halogens is 1. The normalized spacial score (nSPS) is 17.0. The summed E-state index contributed by atoms with van der Waals surface area (Å²) in [6.07, 6.45) is 0.966. The monoisotopic (exact) mass is 444 g/mol. The fourth-order valence-electron chi connectivity index (χ4n) is 4.03. The molecule has 168 valence electrons. The Labute approximate surface area is 190 Å². The van der Waals surface area contributed by atoms with Crippen molar-refractivity contribution < 1.29 is 14.6 Å². The molecule has 3 rings (SSSR count). The lowest BCUT2D eigenvalue weighted by Gasteiger charge is -2.36. The highest BCUT2D eigenvalue weighted by Gasteiger charge is 2.31. The number of amides is 1. The largest absolute Gasteiger partial charge is 0.376 e. The summed E-state index contributed by atoms with van der Waals surface area (Å²) in [5.41, 5.74) is 2.33. The summed E-state index contributed by atoms with van der Waals surface area (Å²) < 4.78 is 5.61. The first kappa shape index (κ1) is 23.7. The minimum Gasteiger partial charge on any atom is -0.376 e. The minimum absolute atomic E-state index is 0.0478. The summed E-state index contributed by atoms with van der Waals surface area (Å²) in [4.78, 5) is 15.1. The number of rotatable bonds is 9. The zero-order chi connectivity index (χ0) is 22.2. The van der Waals surface area contributed by atoms with Crippen LogP contribution in [0.15, 0.2) is 54.6 Å². The van der Waals surface area contributed by atoms with E-state index in [4.69, 9.17) is 16.3 Å². The fraction of sp³-hybridized carbons (Fsp3) is 0.480. The predicted octanol–water partition coefficient (Wildman–Crippen LogP) is 4.20. The third kappa shape index (κ3) is 7.04. The van der Waals surface area contributed by atoms with Crippen LogP contribution >= 0.6 is 11.6 Å². The van der Waals surface area contributed by atoms with Gasteiger partial charge in [-0.3, -0.25) is 10.1 Å². The summed E-state index contributed by atoms with van der Waals surface area (Å²) >= 11 is 5.99. The van der Waals surface area contributed by atoms with Gasteiger partial charge in [0.1, 0.15) is 6.23 Å². The summed E-state index contributed by atoms with van der Waals surface area (Å²) in [6.45, 7) is 5.98. The third-order valence-electron chi connectivity index (χ3n) is 5.84. The molecule has 2 aromatic rings. The van der Waals surface area contributed by atoms with Crippen LogP contribution in [0.1, 0.15) is 43.7 Å². The number of benzene rings is 2. The van der Waals surface area contributed by atoms with Crippen molar-refractivity contribution in [3.8, 4) is 0 Å². The maximum atomic E-state index is 13.2. The Morgan fingerprint density at radius 3 is 2.39 bits per heavy atom. The van der Waals surface area contributed by atoms with E-state index in [0.717, 1.165) is 36.5 Å². The number of aliphatic hydroxyl groups excluding tert-OH is 1. The molecule has 0 aliphatic carbocycles. The maximum absolute atomic E-state index is 13.2. The molecule has 0 radical (unpaired) electrons. The van der Waals surface area contributed by atoms with Gasteiger partial charge < -0.3 is 14.7 Å². The number of aliphatic hydroxyl groups is 1. The first-order valence-corrected chi connectivity index (χ1v) is 11.4. The SMILES string of the molecule is CC(C)C(N[C@H](O)COCc1ccccc1)C(=O)N1CCC(c2ccc(Cl)cc2)CC1. The van der Waals surface area contributed by atoms with Crippen LogP contribution in [-0.4, -0.2) is 47.9 Å². The van der Waals surface area contributed by atoms with Crippen LogP contribution in [0.4, 0.5) is 0 Å². The Bertz CT molecular complexity index is 805. The Morgan fingerprint density at radius 2 is 1.77 bits per heavy atom. The van der Waals surface area contributed by atoms with Crippen molar-refractivity contribution >= 4 is 17.5 Å². The van der Waals surface area contributed by atoms with Crippen LogP contribution in [0, 0.1) is 5.92 Å². The van der Waals surface area contributed by atoms with Crippen LogP contribution in [0.25, 0.3) is 0 Å². The number of nitrogens with zero attached hydrogens (tertiary/aromatic N) is 1. The van der Waals surface area contributed by atoms with E-state index in [1.54, 1.807) is 0 Å². The van der Waals surface area contributed by atoms with Crippen molar-refractivity contribution in [3.63, 3.8) is 0 Å². The maximum Gasteiger partial charge on any atom is 0.240 e. The lowest BCUT2D eigenvalue weighted by molar-refractivity contribution is -0.137. The topological polar surface area (TPSA) is 61.8 Å². The minimum atomic E-state index is -0.897. The second kappa shape index (κ2) is 11.6. The molecule has 2 atom stereocenters. The van der Waals surface area contributed by atoms with E-state index in [2.05, 4.69) is 17.4 Å². The number of nitrogens with one attached hydrogen (secondary N) is 1. The molecular weight excluding hydrogens is 412 g/mol. The van der Waals surface area contributed by atoms with Crippen molar-refractivity contribution in [1.82, 2.24) is 10.2 Å². The molecule has 1 amide bonds. The van der Waals surface area contributed by atoms with Crippen molar-refractivity contribution in [2.75, 3.05) is 19.7 Å². The molecule has 0 bridgehead atoms. The Morgan fingerprint density at radius 1 is 1.13 bits per heavy atom. The molecule has 0 aromatic heterocycles. The van der Waals surface area contributed by atoms with E-state index in [0.29, 0.717) is 12.5 Å². The second-order valence-corrected chi connectivity index (χ2v) is 8.99. The molecule has 0 spiro atoms. The molecule has 1 saturated heterocycles. The van der Waals surface area contributed by atoms with Gasteiger partial charge >= 0.3 is 0 Å². The highest BCUT2D eigenvalue weighted by Crippen LogP contribution is 2.29. The summed E-state index contributed by atoms with van der Waals surface area (Å²) in [5, 5.41) is 14.2. The van der Waals surface area contributed by atoms with Gasteiger partial charge in [0.05, 0.1) is 19.3 Å². The number of carbonyl (C=O) groups is 1. The van der Waals surface area contributed by atoms with E-state index in [1.165, 1.54) is 5.56 Å². The Hall–Kier alpha value is -1.92. The second-order valence-electron chi connectivity index (χ2n) is 8.56. The number of likely N-dealkylation sites (tertiary alicyclic amines) is 1. The van der Waals surface area contributed by atoms with Crippen LogP contribution < -0.4 is 5.32 Å². The highest BCUT2D eigenvalue weighted by atomic mass is 35.5. The number of hydrogen-bond acceptors (Lipinski definition) is 4. The van der Waals surface area contributed by atoms with Gasteiger partial charge in [0.25, 0.3) is 0 Å². The molecule has 2 aromatic carbocycles. The van der Waals surface area contributed by atoms with Crippen molar-refractivity contribution in [2.45, 2.75) is 51.5 Å². The van der Waals surface area contributed by atoms with Crippen LogP contribution in [0.2, 0.25) is 5.02 Å². The predicted molar refractivity (Wildman–Crippen MR) is 124 cm³/mol. The van der Waals surface area contributed by atoms with Crippen molar-refractivity contribution in [2.24, 2.45) is 5.92 Å². The van der Waals surface area contributed by atoms with Gasteiger partial charge in [0.2, 0.25) is 5.91 Å². The number of hydrogen-bond donors (Lipinski definition) is 2. The zero-order valence-electron chi connectivity index (χ0n) is 18.3. The van der Waals surface area contributed by atoms with Gasteiger partial charge in [-0.25, -0.2) is 0 Å². The summed E-state index contributed by atoms with van der Waals surface area (Å²) in [6, 6.07) is 17.4. The van der Waals surface area contributed by atoms with Gasteiger partial charge in [0, 0.05) is 18.1 Å². The number of piperidine rings is 1. The average Bonchev–Trinajstić information content (AvgIpc) is 2.78. The molecule has 0 saturated carbocycles. The molecule has 1 fully saturated rings.